The lowest BCUT2D eigenvalue weighted by atomic mass is 9.80. The highest BCUT2D eigenvalue weighted by molar-refractivity contribution is 5.81. The highest BCUT2D eigenvalue weighted by Gasteiger charge is 2.35. The zero-order chi connectivity index (χ0) is 17.1. The Morgan fingerprint density at radius 1 is 1.26 bits per heavy atom. The first-order chi connectivity index (χ1) is 11.0. The summed E-state index contributed by atoms with van der Waals surface area (Å²) in [4.78, 5) is 22.2. The molecule has 0 amide bonds. The number of Topliss-reactive ketones (excluding diaryl/α,β-unsaturated/α-hetero) is 1. The Labute approximate surface area is 140 Å². The van der Waals surface area contributed by atoms with Gasteiger partial charge in [0.2, 0.25) is 0 Å². The van der Waals surface area contributed by atoms with Gasteiger partial charge in [0.15, 0.2) is 0 Å². The standard InChI is InChI=1S/C19H32O4/c1-2-3-5-8-16(20)10-13-19(14-11-17(21)15-19)12-7-4-6-9-18(22)23/h10,13,16,20H,2-9,11-12,14-15H2,1H3,(H,22,23)/b13-10+. The maximum Gasteiger partial charge on any atom is 0.303 e. The molecule has 132 valence electrons. The van der Waals surface area contributed by atoms with Crippen LogP contribution in [-0.2, 0) is 9.59 Å². The molecule has 1 fully saturated rings. The summed E-state index contributed by atoms with van der Waals surface area (Å²) in [6, 6.07) is 0. The summed E-state index contributed by atoms with van der Waals surface area (Å²) >= 11 is 0. The third-order valence-electron chi connectivity index (χ3n) is 4.79. The van der Waals surface area contributed by atoms with Crippen LogP contribution in [0.15, 0.2) is 12.2 Å². The van der Waals surface area contributed by atoms with E-state index in [9.17, 15) is 14.7 Å². The van der Waals surface area contributed by atoms with Gasteiger partial charge in [0.05, 0.1) is 6.10 Å². The Hall–Kier alpha value is -1.16. The molecule has 0 saturated heterocycles. The average molecular weight is 324 g/mol. The number of aliphatic hydroxyl groups is 1. The summed E-state index contributed by atoms with van der Waals surface area (Å²) in [5.41, 5.74) is -0.105. The molecule has 1 rings (SSSR count). The molecule has 4 nitrogen and oxygen atoms in total. The maximum absolute atomic E-state index is 11.7. The number of carboxylic acid groups (broad SMARTS) is 1. The molecule has 1 aliphatic rings. The third kappa shape index (κ3) is 8.31. The molecular formula is C19H32O4. The first-order valence-electron chi connectivity index (χ1n) is 9.08. The van der Waals surface area contributed by atoms with E-state index in [1.165, 1.54) is 0 Å². The van der Waals surface area contributed by atoms with E-state index in [4.69, 9.17) is 5.11 Å². The van der Waals surface area contributed by atoms with Crippen molar-refractivity contribution in [2.24, 2.45) is 5.41 Å². The van der Waals surface area contributed by atoms with E-state index in [-0.39, 0.29) is 11.8 Å². The lowest BCUT2D eigenvalue weighted by Crippen LogP contribution is -2.15. The minimum absolute atomic E-state index is 0.105. The van der Waals surface area contributed by atoms with E-state index < -0.39 is 12.1 Å². The van der Waals surface area contributed by atoms with Crippen LogP contribution in [0.2, 0.25) is 0 Å². The maximum atomic E-state index is 11.7. The van der Waals surface area contributed by atoms with Gasteiger partial charge in [-0.05, 0) is 31.1 Å². The molecule has 0 aromatic carbocycles. The predicted molar refractivity (Wildman–Crippen MR) is 91.3 cm³/mol. The average Bonchev–Trinajstić information content (AvgIpc) is 2.87. The molecule has 0 spiro atoms. The van der Waals surface area contributed by atoms with Crippen molar-refractivity contribution < 1.29 is 19.8 Å². The summed E-state index contributed by atoms with van der Waals surface area (Å²) in [6.07, 6.45) is 13.4. The van der Waals surface area contributed by atoms with Gasteiger partial charge in [-0.1, -0.05) is 51.2 Å². The van der Waals surface area contributed by atoms with Crippen molar-refractivity contribution in [3.05, 3.63) is 12.2 Å². The Morgan fingerprint density at radius 2 is 2.04 bits per heavy atom. The fourth-order valence-corrected chi connectivity index (χ4v) is 3.34. The number of allylic oxidation sites excluding steroid dienone is 1. The predicted octanol–water partition coefficient (Wildman–Crippen LogP) is 4.26. The summed E-state index contributed by atoms with van der Waals surface area (Å²) in [6.45, 7) is 2.14. The van der Waals surface area contributed by atoms with Crippen molar-refractivity contribution in [1.29, 1.82) is 0 Å². The van der Waals surface area contributed by atoms with Crippen molar-refractivity contribution in [3.8, 4) is 0 Å². The molecule has 0 aliphatic heterocycles. The highest BCUT2D eigenvalue weighted by Crippen LogP contribution is 2.42. The molecular weight excluding hydrogens is 292 g/mol. The van der Waals surface area contributed by atoms with Gasteiger partial charge in [0.25, 0.3) is 0 Å². The molecule has 1 saturated carbocycles. The number of aliphatic carboxylic acids is 1. The van der Waals surface area contributed by atoms with Gasteiger partial charge in [-0.15, -0.1) is 0 Å². The van der Waals surface area contributed by atoms with Crippen molar-refractivity contribution in [2.45, 2.75) is 90.1 Å². The second-order valence-electron chi connectivity index (χ2n) is 6.95. The molecule has 0 bridgehead atoms. The number of hydrogen-bond donors (Lipinski definition) is 2. The fraction of sp³-hybridized carbons (Fsp3) is 0.789. The molecule has 2 unspecified atom stereocenters. The minimum atomic E-state index is -0.745. The first kappa shape index (κ1) is 19.9. The molecule has 23 heavy (non-hydrogen) atoms. The van der Waals surface area contributed by atoms with E-state index in [2.05, 4.69) is 13.0 Å². The number of unbranched alkanes of at least 4 members (excludes halogenated alkanes) is 4. The van der Waals surface area contributed by atoms with Gasteiger partial charge < -0.3 is 10.2 Å². The smallest absolute Gasteiger partial charge is 0.303 e. The van der Waals surface area contributed by atoms with Crippen molar-refractivity contribution >= 4 is 11.8 Å². The summed E-state index contributed by atoms with van der Waals surface area (Å²) in [5, 5.41) is 18.7. The molecule has 0 aromatic heterocycles. The summed E-state index contributed by atoms with van der Waals surface area (Å²) in [5.74, 6) is -0.438. The highest BCUT2D eigenvalue weighted by atomic mass is 16.4. The molecule has 0 heterocycles. The summed E-state index contributed by atoms with van der Waals surface area (Å²) < 4.78 is 0. The van der Waals surface area contributed by atoms with E-state index in [1.54, 1.807) is 0 Å². The van der Waals surface area contributed by atoms with Gasteiger partial charge in [-0.2, -0.15) is 0 Å². The zero-order valence-corrected chi connectivity index (χ0v) is 14.4. The van der Waals surface area contributed by atoms with Crippen LogP contribution in [-0.4, -0.2) is 28.1 Å². The number of ketones is 1. The van der Waals surface area contributed by atoms with E-state index in [0.717, 1.165) is 51.4 Å². The van der Waals surface area contributed by atoms with Crippen LogP contribution in [0.5, 0.6) is 0 Å². The first-order valence-corrected chi connectivity index (χ1v) is 9.08. The largest absolute Gasteiger partial charge is 0.481 e. The third-order valence-corrected chi connectivity index (χ3v) is 4.79. The Bertz CT molecular complexity index is 402. The van der Waals surface area contributed by atoms with Crippen molar-refractivity contribution in [1.82, 2.24) is 0 Å². The van der Waals surface area contributed by atoms with Crippen LogP contribution < -0.4 is 0 Å². The number of hydrogen-bond acceptors (Lipinski definition) is 3. The van der Waals surface area contributed by atoms with Gasteiger partial charge in [-0.25, -0.2) is 0 Å². The van der Waals surface area contributed by atoms with Crippen LogP contribution in [0.1, 0.15) is 84.0 Å². The number of rotatable bonds is 12. The van der Waals surface area contributed by atoms with Crippen LogP contribution in [0, 0.1) is 5.41 Å². The van der Waals surface area contributed by atoms with Crippen molar-refractivity contribution in [3.63, 3.8) is 0 Å². The van der Waals surface area contributed by atoms with Gasteiger partial charge in [0, 0.05) is 19.3 Å². The SMILES string of the molecule is CCCCCC(O)/C=C/C1(CCCCCC(=O)O)CCC(=O)C1. The zero-order valence-electron chi connectivity index (χ0n) is 14.4. The van der Waals surface area contributed by atoms with Gasteiger partial charge in [0.1, 0.15) is 5.78 Å². The Morgan fingerprint density at radius 3 is 2.65 bits per heavy atom. The lowest BCUT2D eigenvalue weighted by molar-refractivity contribution is -0.137. The fourth-order valence-electron chi connectivity index (χ4n) is 3.34. The quantitative estimate of drug-likeness (QED) is 0.415. The van der Waals surface area contributed by atoms with Crippen LogP contribution in [0.3, 0.4) is 0 Å². The molecule has 0 aromatic rings. The Kier molecular flexibility index (Phi) is 9.15. The second kappa shape index (κ2) is 10.6. The lowest BCUT2D eigenvalue weighted by Gasteiger charge is -2.24. The topological polar surface area (TPSA) is 74.6 Å². The number of carbonyl (C=O) groups excluding carboxylic acids is 1. The minimum Gasteiger partial charge on any atom is -0.481 e. The molecule has 2 N–H and O–H groups in total. The van der Waals surface area contributed by atoms with Crippen molar-refractivity contribution in [2.75, 3.05) is 0 Å². The molecule has 0 radical (unpaired) electrons. The molecule has 2 atom stereocenters. The number of aliphatic hydroxyl groups excluding tert-OH is 1. The van der Waals surface area contributed by atoms with Crippen LogP contribution in [0.25, 0.3) is 0 Å². The number of carbonyl (C=O) groups is 2. The van der Waals surface area contributed by atoms with Crippen LogP contribution >= 0.6 is 0 Å². The van der Waals surface area contributed by atoms with Gasteiger partial charge in [-0.3, -0.25) is 9.59 Å². The monoisotopic (exact) mass is 324 g/mol. The van der Waals surface area contributed by atoms with E-state index >= 15 is 0 Å². The normalized spacial score (nSPS) is 22.8. The van der Waals surface area contributed by atoms with E-state index in [1.807, 2.05) is 6.08 Å². The van der Waals surface area contributed by atoms with E-state index in [0.29, 0.717) is 25.0 Å². The summed E-state index contributed by atoms with van der Waals surface area (Å²) in [7, 11) is 0. The number of carboxylic acids is 1. The van der Waals surface area contributed by atoms with Crippen LogP contribution in [0.4, 0.5) is 0 Å². The second-order valence-corrected chi connectivity index (χ2v) is 6.95. The van der Waals surface area contributed by atoms with Gasteiger partial charge >= 0.3 is 5.97 Å². The Balaban J connectivity index is 2.44. The molecule has 4 heteroatoms. The molecule has 1 aliphatic carbocycles.